The minimum atomic E-state index is -4.27. The van der Waals surface area contributed by atoms with Gasteiger partial charge in [0, 0.05) is 22.8 Å². The maximum Gasteiger partial charge on any atom is 0.391 e. The van der Waals surface area contributed by atoms with Crippen LogP contribution in [0.1, 0.15) is 42.7 Å². The average molecular weight is 339 g/mol. The maximum absolute atomic E-state index is 12.2. The molecule has 0 saturated heterocycles. The van der Waals surface area contributed by atoms with Crippen LogP contribution < -0.4 is 5.32 Å². The van der Waals surface area contributed by atoms with Crippen molar-refractivity contribution in [1.82, 2.24) is 9.88 Å². The quantitative estimate of drug-likeness (QED) is 0.893. The number of carbonyl (C=O) groups excluding carboxylic acids is 1. The average Bonchev–Trinajstić information content (AvgIpc) is 2.99. The maximum atomic E-state index is 12.2. The molecule has 1 atom stereocenters. The van der Waals surface area contributed by atoms with Crippen LogP contribution in [0.3, 0.4) is 0 Å². The van der Waals surface area contributed by atoms with Crippen LogP contribution in [0.5, 0.6) is 0 Å². The van der Waals surface area contributed by atoms with Crippen molar-refractivity contribution in [3.05, 3.63) is 22.4 Å². The molecule has 19 heavy (non-hydrogen) atoms. The third-order valence-corrected chi connectivity index (χ3v) is 3.34. The summed E-state index contributed by atoms with van der Waals surface area (Å²) in [6.07, 6.45) is -1.50. The van der Waals surface area contributed by atoms with Gasteiger partial charge < -0.3 is 9.88 Å². The highest BCUT2D eigenvalue weighted by Gasteiger charge is 2.32. The molecule has 1 aromatic heterocycles. The van der Waals surface area contributed by atoms with Crippen molar-refractivity contribution in [1.29, 1.82) is 0 Å². The van der Waals surface area contributed by atoms with Gasteiger partial charge in [0.1, 0.15) is 5.69 Å². The smallest absolute Gasteiger partial charge is 0.348 e. The standard InChI is InChI=1S/C12H14BrF3N2O/c1-7(5-12(14,15)16)17-11(19)10-4-8(13)6-18(10)9-2-3-9/h4,6-7,9H,2-3,5H2,1H3,(H,17,19). The van der Waals surface area contributed by atoms with E-state index in [1.165, 1.54) is 6.92 Å². The predicted molar refractivity (Wildman–Crippen MR) is 68.0 cm³/mol. The van der Waals surface area contributed by atoms with E-state index in [2.05, 4.69) is 21.2 Å². The highest BCUT2D eigenvalue weighted by molar-refractivity contribution is 9.10. The molecule has 1 saturated carbocycles. The fourth-order valence-electron chi connectivity index (χ4n) is 1.98. The van der Waals surface area contributed by atoms with Gasteiger partial charge in [0.05, 0.1) is 6.42 Å². The van der Waals surface area contributed by atoms with Crippen molar-refractivity contribution in [2.24, 2.45) is 0 Å². The van der Waals surface area contributed by atoms with Crippen molar-refractivity contribution in [3.8, 4) is 0 Å². The van der Waals surface area contributed by atoms with E-state index >= 15 is 0 Å². The number of nitrogens with zero attached hydrogens (tertiary/aromatic N) is 1. The van der Waals surface area contributed by atoms with E-state index < -0.39 is 24.5 Å². The first-order valence-corrected chi connectivity index (χ1v) is 6.80. The fraction of sp³-hybridized carbons (Fsp3) is 0.583. The minimum Gasteiger partial charge on any atom is -0.348 e. The molecule has 1 aliphatic rings. The Hall–Kier alpha value is -0.980. The van der Waals surface area contributed by atoms with Crippen LogP contribution >= 0.6 is 15.9 Å². The summed E-state index contributed by atoms with van der Waals surface area (Å²) in [6.45, 7) is 1.35. The lowest BCUT2D eigenvalue weighted by atomic mass is 10.2. The normalized spacial score (nSPS) is 17.3. The van der Waals surface area contributed by atoms with Gasteiger partial charge in [0.2, 0.25) is 0 Å². The second-order valence-corrected chi connectivity index (χ2v) is 5.79. The van der Waals surface area contributed by atoms with E-state index in [0.717, 1.165) is 17.3 Å². The Morgan fingerprint density at radius 2 is 2.21 bits per heavy atom. The number of nitrogens with one attached hydrogen (secondary N) is 1. The number of rotatable bonds is 4. The number of carbonyl (C=O) groups is 1. The molecule has 0 aromatic carbocycles. The number of hydrogen-bond donors (Lipinski definition) is 1. The summed E-state index contributed by atoms with van der Waals surface area (Å²) >= 11 is 3.28. The largest absolute Gasteiger partial charge is 0.391 e. The molecule has 0 aliphatic heterocycles. The third kappa shape index (κ3) is 3.99. The Labute approximate surface area is 117 Å². The van der Waals surface area contributed by atoms with E-state index in [1.54, 1.807) is 12.3 Å². The zero-order valence-electron chi connectivity index (χ0n) is 10.3. The monoisotopic (exact) mass is 338 g/mol. The van der Waals surface area contributed by atoms with E-state index in [9.17, 15) is 18.0 Å². The van der Waals surface area contributed by atoms with Crippen molar-refractivity contribution in [2.45, 2.75) is 44.4 Å². The molecule has 7 heteroatoms. The zero-order valence-corrected chi connectivity index (χ0v) is 11.9. The van der Waals surface area contributed by atoms with Gasteiger partial charge in [-0.3, -0.25) is 4.79 Å². The first-order chi connectivity index (χ1) is 8.76. The van der Waals surface area contributed by atoms with Crippen LogP contribution in [0, 0.1) is 0 Å². The summed E-state index contributed by atoms with van der Waals surface area (Å²) in [4.78, 5) is 12.0. The summed E-state index contributed by atoms with van der Waals surface area (Å²) in [6, 6.07) is 0.993. The second-order valence-electron chi connectivity index (χ2n) is 4.88. The second kappa shape index (κ2) is 5.19. The Kier molecular flexibility index (Phi) is 3.94. The molecular weight excluding hydrogens is 325 g/mol. The van der Waals surface area contributed by atoms with Crippen molar-refractivity contribution in [2.75, 3.05) is 0 Å². The summed E-state index contributed by atoms with van der Waals surface area (Å²) in [5.41, 5.74) is 0.406. The van der Waals surface area contributed by atoms with Crippen molar-refractivity contribution in [3.63, 3.8) is 0 Å². The summed E-state index contributed by atoms with van der Waals surface area (Å²) in [7, 11) is 0. The van der Waals surface area contributed by atoms with E-state index in [4.69, 9.17) is 0 Å². The zero-order chi connectivity index (χ0) is 14.2. The fourth-order valence-corrected chi connectivity index (χ4v) is 2.42. The number of amides is 1. The summed E-state index contributed by atoms with van der Waals surface area (Å²) in [5, 5.41) is 2.39. The molecule has 1 amide bonds. The molecule has 106 valence electrons. The number of halogens is 4. The van der Waals surface area contributed by atoms with Crippen LogP contribution in [-0.2, 0) is 0 Å². The van der Waals surface area contributed by atoms with Gasteiger partial charge in [0.15, 0.2) is 0 Å². The number of aromatic nitrogens is 1. The molecule has 2 rings (SSSR count). The first kappa shape index (κ1) is 14.4. The highest BCUT2D eigenvalue weighted by Crippen LogP contribution is 2.37. The molecule has 0 radical (unpaired) electrons. The molecule has 1 fully saturated rings. The lowest BCUT2D eigenvalue weighted by Crippen LogP contribution is -2.36. The van der Waals surface area contributed by atoms with Crippen LogP contribution in [0.4, 0.5) is 13.2 Å². The topological polar surface area (TPSA) is 34.0 Å². The summed E-state index contributed by atoms with van der Waals surface area (Å²) < 4.78 is 39.2. The molecular formula is C12H14BrF3N2O. The number of hydrogen-bond acceptors (Lipinski definition) is 1. The summed E-state index contributed by atoms with van der Waals surface area (Å²) in [5.74, 6) is -0.464. The Balaban J connectivity index is 2.03. The van der Waals surface area contributed by atoms with E-state index in [1.807, 2.05) is 4.57 Å². The molecule has 1 unspecified atom stereocenters. The van der Waals surface area contributed by atoms with Gasteiger partial charge in [-0.2, -0.15) is 13.2 Å². The molecule has 3 nitrogen and oxygen atoms in total. The first-order valence-electron chi connectivity index (χ1n) is 6.01. The molecule has 0 bridgehead atoms. The molecule has 1 heterocycles. The van der Waals surface area contributed by atoms with Gasteiger partial charge in [-0.1, -0.05) is 0 Å². The van der Waals surface area contributed by atoms with Crippen LogP contribution in [0.15, 0.2) is 16.7 Å². The van der Waals surface area contributed by atoms with Gasteiger partial charge in [0.25, 0.3) is 5.91 Å². The van der Waals surface area contributed by atoms with Crippen LogP contribution in [-0.4, -0.2) is 22.7 Å². The Morgan fingerprint density at radius 3 is 2.74 bits per heavy atom. The minimum absolute atomic E-state index is 0.296. The Bertz CT molecular complexity index is 480. The number of alkyl halides is 3. The van der Waals surface area contributed by atoms with Crippen molar-refractivity contribution < 1.29 is 18.0 Å². The molecule has 0 spiro atoms. The van der Waals surface area contributed by atoms with E-state index in [0.29, 0.717) is 11.7 Å². The van der Waals surface area contributed by atoms with Crippen molar-refractivity contribution >= 4 is 21.8 Å². The predicted octanol–water partition coefficient (Wildman–Crippen LogP) is 3.66. The molecule has 1 N–H and O–H groups in total. The Morgan fingerprint density at radius 1 is 1.58 bits per heavy atom. The van der Waals surface area contributed by atoms with Crippen LogP contribution in [0.25, 0.3) is 0 Å². The van der Waals surface area contributed by atoms with E-state index in [-0.39, 0.29) is 0 Å². The van der Waals surface area contributed by atoms with Gasteiger partial charge in [-0.05, 0) is 41.8 Å². The van der Waals surface area contributed by atoms with Gasteiger partial charge in [-0.25, -0.2) is 0 Å². The highest BCUT2D eigenvalue weighted by atomic mass is 79.9. The lowest BCUT2D eigenvalue weighted by molar-refractivity contribution is -0.138. The molecule has 1 aliphatic carbocycles. The van der Waals surface area contributed by atoms with Gasteiger partial charge >= 0.3 is 6.18 Å². The van der Waals surface area contributed by atoms with Gasteiger partial charge in [-0.15, -0.1) is 0 Å². The SMILES string of the molecule is CC(CC(F)(F)F)NC(=O)c1cc(Br)cn1C1CC1. The molecule has 1 aromatic rings. The third-order valence-electron chi connectivity index (χ3n) is 2.90. The van der Waals surface area contributed by atoms with Crippen LogP contribution in [0.2, 0.25) is 0 Å². The lowest BCUT2D eigenvalue weighted by Gasteiger charge is -2.16.